The molecule has 1 atom stereocenters. The Balaban J connectivity index is 1.06. The number of nitrogens with one attached hydrogen (secondary N) is 1. The summed E-state index contributed by atoms with van der Waals surface area (Å²) in [5.74, 6) is 0.680. The van der Waals surface area contributed by atoms with Crippen molar-refractivity contribution in [3.63, 3.8) is 0 Å². The number of anilines is 1. The van der Waals surface area contributed by atoms with Crippen molar-refractivity contribution in [1.29, 1.82) is 0 Å². The van der Waals surface area contributed by atoms with Crippen LogP contribution < -0.4 is 15.9 Å². The first-order chi connectivity index (χ1) is 23.5. The Morgan fingerprint density at radius 2 is 1.55 bits per heavy atom. The van der Waals surface area contributed by atoms with Gasteiger partial charge in [-0.15, -0.1) is 0 Å². The van der Waals surface area contributed by atoms with E-state index < -0.39 is 22.4 Å². The highest BCUT2D eigenvalue weighted by molar-refractivity contribution is 7.86. The maximum atomic E-state index is 14.0. The molecule has 0 spiro atoms. The molecule has 0 radical (unpaired) electrons. The van der Waals surface area contributed by atoms with Crippen molar-refractivity contribution in [3.8, 4) is 5.75 Å². The summed E-state index contributed by atoms with van der Waals surface area (Å²) in [6.45, 7) is 3.34. The van der Waals surface area contributed by atoms with Gasteiger partial charge in [-0.25, -0.2) is 14.7 Å². The lowest BCUT2D eigenvalue weighted by molar-refractivity contribution is -0.142. The number of fused-ring (bicyclic) bond motifs is 1. The second kappa shape index (κ2) is 15.0. The van der Waals surface area contributed by atoms with E-state index in [1.54, 1.807) is 35.8 Å². The minimum absolute atomic E-state index is 0.0102. The number of aromatic hydroxyl groups is 1. The lowest BCUT2D eigenvalue weighted by Gasteiger charge is -2.40. The van der Waals surface area contributed by atoms with Crippen LogP contribution in [0.25, 0.3) is 0 Å². The van der Waals surface area contributed by atoms with E-state index in [1.165, 1.54) is 4.31 Å². The van der Waals surface area contributed by atoms with E-state index in [2.05, 4.69) is 5.32 Å². The number of urea groups is 1. The maximum Gasteiger partial charge on any atom is 0.410 e. The van der Waals surface area contributed by atoms with Crippen LogP contribution in [0.1, 0.15) is 49.7 Å². The molecule has 2 aromatic carbocycles. The van der Waals surface area contributed by atoms with Gasteiger partial charge in [0.2, 0.25) is 0 Å². The van der Waals surface area contributed by atoms with E-state index in [4.69, 9.17) is 9.88 Å². The average molecular weight is 695 g/mol. The van der Waals surface area contributed by atoms with Gasteiger partial charge >= 0.3 is 12.1 Å². The fraction of sp³-hybridized carbons (Fsp3) is 0.559. The van der Waals surface area contributed by atoms with Crippen molar-refractivity contribution >= 4 is 47.2 Å². The average Bonchev–Trinajstić information content (AvgIpc) is 3.27. The highest BCUT2D eigenvalue weighted by Gasteiger charge is 2.37. The molecule has 4 heterocycles. The molecule has 2 aromatic rings. The molecule has 3 saturated heterocycles. The Labute approximate surface area is 289 Å². The number of hydrogen-bond donors (Lipinski definition) is 3. The molecular formula is C34H47BN6O7S. The van der Waals surface area contributed by atoms with Gasteiger partial charge in [-0.05, 0) is 85.5 Å². The molecule has 0 aromatic heterocycles. The number of rotatable bonds is 7. The third kappa shape index (κ3) is 8.33. The van der Waals surface area contributed by atoms with E-state index in [1.807, 2.05) is 29.2 Å². The lowest BCUT2D eigenvalue weighted by atomic mass is 9.79. The molecule has 6 rings (SSSR count). The molecule has 4 aliphatic heterocycles. The number of likely N-dealkylation sites (tertiary alicyclic amines) is 2. The Bertz CT molecular complexity index is 1640. The second-order valence-corrected chi connectivity index (χ2v) is 15.4. The molecule has 13 nitrogen and oxygen atoms in total. The number of phenols is 1. The molecule has 4 aliphatic rings. The molecular weight excluding hydrogens is 647 g/mol. The molecule has 0 saturated carbocycles. The molecule has 49 heavy (non-hydrogen) atoms. The lowest BCUT2D eigenvalue weighted by Crippen LogP contribution is -2.52. The summed E-state index contributed by atoms with van der Waals surface area (Å²) in [6, 6.07) is 12.8. The zero-order chi connectivity index (χ0) is 34.7. The van der Waals surface area contributed by atoms with Gasteiger partial charge in [0.05, 0.1) is 0 Å². The summed E-state index contributed by atoms with van der Waals surface area (Å²) < 4.78 is 30.8. The van der Waals surface area contributed by atoms with E-state index in [-0.39, 0.29) is 30.2 Å². The van der Waals surface area contributed by atoms with Crippen LogP contribution >= 0.6 is 0 Å². The van der Waals surface area contributed by atoms with Gasteiger partial charge in [0.15, 0.2) is 6.10 Å². The predicted octanol–water partition coefficient (Wildman–Crippen LogP) is 1.41. The quantitative estimate of drug-likeness (QED) is 0.369. The molecule has 0 unspecified atom stereocenters. The molecule has 15 heteroatoms. The fourth-order valence-corrected chi connectivity index (χ4v) is 8.65. The van der Waals surface area contributed by atoms with E-state index in [0.29, 0.717) is 76.0 Å². The van der Waals surface area contributed by atoms with Crippen LogP contribution in [0.2, 0.25) is 0 Å². The first-order valence-corrected chi connectivity index (χ1v) is 18.9. The van der Waals surface area contributed by atoms with E-state index in [0.717, 1.165) is 48.9 Å². The number of phenolic OH excluding ortho intramolecular Hbond substituents is 1. The standard InChI is InChI=1S/C34H47BN6O7S/c35-28-21-23(5-6-30(28)42)22-31(32(43)38-14-7-24(8-15-38)25-9-18-40(19-10-25)49(36,46)47)48-34(45)39-16-12-27(13-17-39)41-20-11-26-3-1-2-4-29(26)37-33(41)44/h1-6,21,24-25,27,31,42H,7-20,22,35H2,(H,37,44)(H2,36,46,47)/t31-/m1/s1. The van der Waals surface area contributed by atoms with Crippen LogP contribution in [0.5, 0.6) is 5.75 Å². The maximum absolute atomic E-state index is 14.0. The number of hydrogen-bond acceptors (Lipinski definition) is 7. The van der Waals surface area contributed by atoms with Gasteiger partial charge in [-0.1, -0.05) is 30.3 Å². The summed E-state index contributed by atoms with van der Waals surface area (Å²) in [4.78, 5) is 45.9. The number of carbonyl (C=O) groups is 3. The first-order valence-electron chi connectivity index (χ1n) is 17.4. The molecule has 264 valence electrons. The number of nitrogens with two attached hydrogens (primary N) is 1. The number of piperidine rings is 3. The zero-order valence-corrected chi connectivity index (χ0v) is 28.9. The number of amides is 4. The van der Waals surface area contributed by atoms with Crippen molar-refractivity contribution in [2.24, 2.45) is 17.0 Å². The van der Waals surface area contributed by atoms with Crippen LogP contribution in [-0.2, 0) is 32.6 Å². The summed E-state index contributed by atoms with van der Waals surface area (Å²) in [7, 11) is -1.89. The minimum atomic E-state index is -3.68. The van der Waals surface area contributed by atoms with Crippen molar-refractivity contribution in [2.75, 3.05) is 51.1 Å². The third-order valence-corrected chi connectivity index (χ3v) is 12.0. The Kier molecular flexibility index (Phi) is 10.7. The van der Waals surface area contributed by atoms with Crippen molar-refractivity contribution in [2.45, 2.75) is 63.5 Å². The Morgan fingerprint density at radius 3 is 2.20 bits per heavy atom. The molecule has 0 bridgehead atoms. The highest BCUT2D eigenvalue weighted by atomic mass is 32.2. The van der Waals surface area contributed by atoms with Gasteiger partial charge in [0.1, 0.15) is 13.6 Å². The van der Waals surface area contributed by atoms with Gasteiger partial charge in [-0.3, -0.25) is 4.79 Å². The van der Waals surface area contributed by atoms with Crippen molar-refractivity contribution in [1.82, 2.24) is 19.0 Å². The highest BCUT2D eigenvalue weighted by Crippen LogP contribution is 2.33. The number of para-hydroxylation sites is 1. The van der Waals surface area contributed by atoms with Crippen LogP contribution in [0.4, 0.5) is 15.3 Å². The predicted molar refractivity (Wildman–Crippen MR) is 187 cm³/mol. The van der Waals surface area contributed by atoms with Crippen LogP contribution in [-0.4, -0.2) is 116 Å². The minimum Gasteiger partial charge on any atom is -0.509 e. The van der Waals surface area contributed by atoms with Crippen LogP contribution in [0.15, 0.2) is 42.5 Å². The first kappa shape index (κ1) is 35.0. The van der Waals surface area contributed by atoms with Crippen LogP contribution in [0.3, 0.4) is 0 Å². The van der Waals surface area contributed by atoms with Gasteiger partial charge < -0.3 is 29.9 Å². The molecule has 4 N–H and O–H groups in total. The summed E-state index contributed by atoms with van der Waals surface area (Å²) >= 11 is 0. The largest absolute Gasteiger partial charge is 0.509 e. The van der Waals surface area contributed by atoms with Gasteiger partial charge in [0, 0.05) is 64.0 Å². The summed E-state index contributed by atoms with van der Waals surface area (Å²) in [5.41, 5.74) is 3.40. The summed E-state index contributed by atoms with van der Waals surface area (Å²) in [5, 5.41) is 18.4. The third-order valence-electron chi connectivity index (χ3n) is 10.9. The number of carbonyl (C=O) groups excluding carboxylic acids is 3. The number of benzene rings is 2. The van der Waals surface area contributed by atoms with E-state index in [9.17, 15) is 27.9 Å². The fourth-order valence-electron chi connectivity index (χ4n) is 7.93. The smallest absolute Gasteiger partial charge is 0.410 e. The Morgan fingerprint density at radius 1 is 0.918 bits per heavy atom. The van der Waals surface area contributed by atoms with Crippen molar-refractivity contribution < 1.29 is 32.6 Å². The molecule has 3 fully saturated rings. The summed E-state index contributed by atoms with van der Waals surface area (Å²) in [6.07, 6.45) is 3.69. The second-order valence-electron chi connectivity index (χ2n) is 13.9. The Hall–Kier alpha value is -3.82. The number of ether oxygens (including phenoxy) is 1. The van der Waals surface area contributed by atoms with Crippen LogP contribution in [0, 0.1) is 11.8 Å². The molecule has 0 aliphatic carbocycles. The number of nitrogens with zero attached hydrogens (tertiary/aromatic N) is 4. The zero-order valence-electron chi connectivity index (χ0n) is 28.1. The van der Waals surface area contributed by atoms with E-state index >= 15 is 0 Å². The monoisotopic (exact) mass is 694 g/mol. The van der Waals surface area contributed by atoms with Gasteiger partial charge in [-0.2, -0.15) is 12.7 Å². The normalized spacial score (nSPS) is 21.1. The SMILES string of the molecule is Bc1cc(C[C@@H](OC(=O)N2CCC(N3CCc4ccccc4NC3=O)CC2)C(=O)N2CCC(C3CCN(S(N)(=O)=O)CC3)CC2)ccc1O. The van der Waals surface area contributed by atoms with Crippen molar-refractivity contribution in [3.05, 3.63) is 53.6 Å². The van der Waals surface area contributed by atoms with Gasteiger partial charge in [0.25, 0.3) is 16.1 Å². The molecule has 4 amide bonds. The topological polar surface area (TPSA) is 166 Å².